The lowest BCUT2D eigenvalue weighted by molar-refractivity contribution is -0.136. The molecule has 2 aromatic carbocycles. The number of nitrogens with zero attached hydrogens (tertiary/aromatic N) is 2. The van der Waals surface area contributed by atoms with Gasteiger partial charge in [0.2, 0.25) is 0 Å². The molecule has 9 nitrogen and oxygen atoms in total. The number of fused-ring (bicyclic) bond motifs is 1. The molecule has 35 heavy (non-hydrogen) atoms. The van der Waals surface area contributed by atoms with Gasteiger partial charge in [-0.25, -0.2) is 4.98 Å². The van der Waals surface area contributed by atoms with E-state index in [1.54, 1.807) is 36.3 Å². The molecule has 0 saturated heterocycles. The number of hydrogen-bond donors (Lipinski definition) is 1. The standard InChI is InChI=1S/C25H25ClN2O7/c1-4-28-18-9-8-14(26)10-17(18)23(16-6-5-7-19(32-2)24(16)33-3)35-20(25(28)31)12-21-27-13-15(34-21)11-22(29)30/h5-10,13,20,23H,4,11-12H2,1-3H3,(H,29,30)/t20-,23-/m1/s1. The fourth-order valence-corrected chi connectivity index (χ4v) is 4.40. The first-order valence-corrected chi connectivity index (χ1v) is 11.4. The molecule has 2 heterocycles. The van der Waals surface area contributed by atoms with Gasteiger partial charge in [-0.2, -0.15) is 0 Å². The maximum absolute atomic E-state index is 13.6. The van der Waals surface area contributed by atoms with Crippen LogP contribution in [0.5, 0.6) is 11.5 Å². The molecule has 0 spiro atoms. The van der Waals surface area contributed by atoms with Crippen molar-refractivity contribution in [2.45, 2.75) is 32.0 Å². The van der Waals surface area contributed by atoms with E-state index in [2.05, 4.69) is 4.98 Å². The third-order valence-corrected chi connectivity index (χ3v) is 5.96. The number of carbonyl (C=O) groups excluding carboxylic acids is 1. The van der Waals surface area contributed by atoms with Crippen molar-refractivity contribution in [2.24, 2.45) is 0 Å². The van der Waals surface area contributed by atoms with Gasteiger partial charge < -0.3 is 28.6 Å². The number of likely N-dealkylation sites (N-methyl/N-ethyl adjacent to an activating group) is 1. The van der Waals surface area contributed by atoms with Gasteiger partial charge in [0.15, 0.2) is 17.4 Å². The molecule has 0 radical (unpaired) electrons. The number of benzene rings is 2. The van der Waals surface area contributed by atoms with Crippen LogP contribution in [0.15, 0.2) is 47.0 Å². The summed E-state index contributed by atoms with van der Waals surface area (Å²) >= 11 is 6.36. The molecule has 1 amide bonds. The summed E-state index contributed by atoms with van der Waals surface area (Å²) < 4.78 is 23.2. The van der Waals surface area contributed by atoms with Gasteiger partial charge in [0.05, 0.1) is 26.8 Å². The minimum Gasteiger partial charge on any atom is -0.493 e. The van der Waals surface area contributed by atoms with Crippen LogP contribution in [-0.4, -0.2) is 48.8 Å². The summed E-state index contributed by atoms with van der Waals surface area (Å²) in [7, 11) is 3.08. The molecule has 0 saturated carbocycles. The van der Waals surface area contributed by atoms with Crippen LogP contribution < -0.4 is 14.4 Å². The van der Waals surface area contributed by atoms with E-state index in [4.69, 9.17) is 35.3 Å². The second kappa shape index (κ2) is 10.4. The molecule has 10 heteroatoms. The molecule has 1 aromatic heterocycles. The first kappa shape index (κ1) is 24.6. The van der Waals surface area contributed by atoms with Gasteiger partial charge in [-0.15, -0.1) is 0 Å². The van der Waals surface area contributed by atoms with E-state index < -0.39 is 18.2 Å². The van der Waals surface area contributed by atoms with Gasteiger partial charge in [-0.1, -0.05) is 23.7 Å². The molecule has 0 fully saturated rings. The molecule has 1 N–H and O–H groups in total. The topological polar surface area (TPSA) is 111 Å². The van der Waals surface area contributed by atoms with Crippen molar-refractivity contribution in [1.29, 1.82) is 0 Å². The molecule has 0 unspecified atom stereocenters. The van der Waals surface area contributed by atoms with Gasteiger partial charge in [-0.05, 0) is 31.2 Å². The minimum absolute atomic E-state index is 0.0134. The number of carbonyl (C=O) groups is 2. The summed E-state index contributed by atoms with van der Waals surface area (Å²) in [6.07, 6.45) is -0.647. The monoisotopic (exact) mass is 500 g/mol. The zero-order valence-electron chi connectivity index (χ0n) is 19.5. The zero-order valence-corrected chi connectivity index (χ0v) is 20.2. The van der Waals surface area contributed by atoms with Crippen LogP contribution in [0.4, 0.5) is 5.69 Å². The van der Waals surface area contributed by atoms with Crippen molar-refractivity contribution in [3.05, 3.63) is 70.4 Å². The summed E-state index contributed by atoms with van der Waals surface area (Å²) in [6, 6.07) is 10.7. The third kappa shape index (κ3) is 4.96. The fourth-order valence-electron chi connectivity index (χ4n) is 4.22. The minimum atomic E-state index is -1.04. The fraction of sp³-hybridized carbons (Fsp3) is 0.320. The highest BCUT2D eigenvalue weighted by atomic mass is 35.5. The Hall–Kier alpha value is -3.56. The van der Waals surface area contributed by atoms with Crippen LogP contribution in [0.1, 0.15) is 35.8 Å². The molecule has 3 aromatic rings. The number of hydrogen-bond acceptors (Lipinski definition) is 7. The molecule has 1 aliphatic heterocycles. The number of rotatable bonds is 8. The van der Waals surface area contributed by atoms with E-state index in [0.29, 0.717) is 39.9 Å². The highest BCUT2D eigenvalue weighted by molar-refractivity contribution is 6.30. The van der Waals surface area contributed by atoms with Crippen LogP contribution in [0.25, 0.3) is 0 Å². The van der Waals surface area contributed by atoms with Crippen LogP contribution >= 0.6 is 11.6 Å². The predicted octanol–water partition coefficient (Wildman–Crippen LogP) is 4.06. The summed E-state index contributed by atoms with van der Waals surface area (Å²) in [6.45, 7) is 2.26. The molecular formula is C25H25ClN2O7. The summed E-state index contributed by atoms with van der Waals surface area (Å²) in [5.74, 6) is 0.0742. The van der Waals surface area contributed by atoms with Gasteiger partial charge >= 0.3 is 5.97 Å². The SMILES string of the molecule is CCN1C(=O)[C@@H](Cc2ncc(CC(=O)O)o2)O[C@H](c2cccc(OC)c2OC)c2cc(Cl)ccc21. The number of oxazole rings is 1. The smallest absolute Gasteiger partial charge is 0.311 e. The Morgan fingerprint density at radius 3 is 2.69 bits per heavy atom. The van der Waals surface area contributed by atoms with Crippen molar-refractivity contribution in [3.8, 4) is 11.5 Å². The molecule has 184 valence electrons. The van der Waals surface area contributed by atoms with E-state index in [1.165, 1.54) is 13.3 Å². The number of carboxylic acids is 1. The van der Waals surface area contributed by atoms with E-state index in [0.717, 1.165) is 0 Å². The molecular weight excluding hydrogens is 476 g/mol. The first-order valence-electron chi connectivity index (χ1n) is 11.0. The van der Waals surface area contributed by atoms with Gasteiger partial charge in [0.25, 0.3) is 5.91 Å². The number of ether oxygens (including phenoxy) is 3. The maximum atomic E-state index is 13.6. The van der Waals surface area contributed by atoms with Crippen LogP contribution in [0, 0.1) is 0 Å². The Labute approximate surface area is 207 Å². The lowest BCUT2D eigenvalue weighted by atomic mass is 9.98. The first-order chi connectivity index (χ1) is 16.9. The lowest BCUT2D eigenvalue weighted by Gasteiger charge is -2.24. The van der Waals surface area contributed by atoms with Crippen LogP contribution in [0.3, 0.4) is 0 Å². The Kier molecular flexibility index (Phi) is 7.28. The molecule has 0 bridgehead atoms. The number of carboxylic acid groups (broad SMARTS) is 1. The number of amides is 1. The Balaban J connectivity index is 1.81. The molecule has 2 atom stereocenters. The van der Waals surface area contributed by atoms with Crippen molar-refractivity contribution >= 4 is 29.2 Å². The van der Waals surface area contributed by atoms with E-state index in [9.17, 15) is 9.59 Å². The van der Waals surface area contributed by atoms with Gasteiger partial charge in [-0.3, -0.25) is 9.59 Å². The Bertz CT molecular complexity index is 1240. The van der Waals surface area contributed by atoms with Gasteiger partial charge in [0, 0.05) is 28.4 Å². The summed E-state index contributed by atoms with van der Waals surface area (Å²) in [5.41, 5.74) is 2.02. The highest BCUT2D eigenvalue weighted by Gasteiger charge is 2.38. The average molecular weight is 501 g/mol. The van der Waals surface area contributed by atoms with Crippen molar-refractivity contribution < 1.29 is 33.3 Å². The second-order valence-corrected chi connectivity index (χ2v) is 8.30. The Morgan fingerprint density at radius 2 is 2.00 bits per heavy atom. The average Bonchev–Trinajstić information content (AvgIpc) is 3.23. The largest absolute Gasteiger partial charge is 0.493 e. The van der Waals surface area contributed by atoms with E-state index in [1.807, 2.05) is 19.1 Å². The summed E-state index contributed by atoms with van der Waals surface area (Å²) in [5, 5.41) is 9.51. The number of para-hydroxylation sites is 1. The van der Waals surface area contributed by atoms with Crippen molar-refractivity contribution in [3.63, 3.8) is 0 Å². The van der Waals surface area contributed by atoms with Crippen molar-refractivity contribution in [1.82, 2.24) is 4.98 Å². The number of aromatic nitrogens is 1. The zero-order chi connectivity index (χ0) is 25.1. The predicted molar refractivity (Wildman–Crippen MR) is 127 cm³/mol. The van der Waals surface area contributed by atoms with Crippen molar-refractivity contribution in [2.75, 3.05) is 25.7 Å². The molecule has 0 aliphatic carbocycles. The molecule has 4 rings (SSSR count). The third-order valence-electron chi connectivity index (χ3n) is 5.72. The highest BCUT2D eigenvalue weighted by Crippen LogP contribution is 2.45. The summed E-state index contributed by atoms with van der Waals surface area (Å²) in [4.78, 5) is 30.4. The normalized spacial score (nSPS) is 17.6. The van der Waals surface area contributed by atoms with Crippen LogP contribution in [0.2, 0.25) is 5.02 Å². The quantitative estimate of drug-likeness (QED) is 0.493. The van der Waals surface area contributed by atoms with E-state index in [-0.39, 0.29) is 30.4 Å². The molecule has 1 aliphatic rings. The van der Waals surface area contributed by atoms with Gasteiger partial charge in [0.1, 0.15) is 24.4 Å². The number of halogens is 1. The van der Waals surface area contributed by atoms with E-state index >= 15 is 0 Å². The lowest BCUT2D eigenvalue weighted by Crippen LogP contribution is -2.40. The number of aliphatic carboxylic acids is 1. The number of anilines is 1. The number of methoxy groups -OCH3 is 2. The Morgan fingerprint density at radius 1 is 1.20 bits per heavy atom. The maximum Gasteiger partial charge on any atom is 0.311 e. The van der Waals surface area contributed by atoms with Crippen LogP contribution in [-0.2, 0) is 27.2 Å². The second-order valence-electron chi connectivity index (χ2n) is 7.87.